The van der Waals surface area contributed by atoms with E-state index >= 15 is 0 Å². The number of nitrogens with one attached hydrogen (secondary N) is 1. The summed E-state index contributed by atoms with van der Waals surface area (Å²) in [6.07, 6.45) is 2.47. The van der Waals surface area contributed by atoms with Gasteiger partial charge in [0.05, 0.1) is 18.6 Å². The second kappa shape index (κ2) is 9.13. The lowest BCUT2D eigenvalue weighted by Gasteiger charge is -2.29. The van der Waals surface area contributed by atoms with Crippen LogP contribution in [0, 0.1) is 5.41 Å². The minimum Gasteiger partial charge on any atom is -0.379 e. The van der Waals surface area contributed by atoms with Gasteiger partial charge in [0.2, 0.25) is 5.91 Å². The lowest BCUT2D eigenvalue weighted by Crippen LogP contribution is -2.44. The Morgan fingerprint density at radius 3 is 2.59 bits per heavy atom. The molecule has 0 aromatic heterocycles. The van der Waals surface area contributed by atoms with E-state index in [0.29, 0.717) is 19.6 Å². The average Bonchev–Trinajstić information content (AvgIpc) is 3.33. The van der Waals surface area contributed by atoms with Gasteiger partial charge in [-0.25, -0.2) is 4.79 Å². The van der Waals surface area contributed by atoms with Crippen molar-refractivity contribution in [3.63, 3.8) is 0 Å². The van der Waals surface area contributed by atoms with E-state index < -0.39 is 0 Å². The van der Waals surface area contributed by atoms with Crippen LogP contribution in [0.25, 0.3) is 0 Å². The maximum absolute atomic E-state index is 13.1. The zero-order chi connectivity index (χ0) is 20.1. The van der Waals surface area contributed by atoms with E-state index in [1.807, 2.05) is 28.0 Å². The third-order valence-electron chi connectivity index (χ3n) is 6.56. The van der Waals surface area contributed by atoms with Crippen molar-refractivity contribution in [3.8, 4) is 0 Å². The summed E-state index contributed by atoms with van der Waals surface area (Å²) in [5.41, 5.74) is 0.856. The highest BCUT2D eigenvalue weighted by molar-refractivity contribution is 5.87. The van der Waals surface area contributed by atoms with Crippen molar-refractivity contribution in [3.05, 3.63) is 35.9 Å². The molecule has 3 amide bonds. The van der Waals surface area contributed by atoms with Crippen LogP contribution in [0.3, 0.4) is 0 Å². The van der Waals surface area contributed by atoms with Crippen LogP contribution in [0.2, 0.25) is 0 Å². The molecule has 0 bridgehead atoms. The van der Waals surface area contributed by atoms with Gasteiger partial charge in [0, 0.05) is 52.4 Å². The molecule has 3 fully saturated rings. The van der Waals surface area contributed by atoms with Crippen molar-refractivity contribution in [1.29, 1.82) is 0 Å². The molecule has 3 aliphatic rings. The quantitative estimate of drug-likeness (QED) is 0.779. The van der Waals surface area contributed by atoms with Gasteiger partial charge in [-0.15, -0.1) is 0 Å². The zero-order valence-electron chi connectivity index (χ0n) is 17.1. The molecule has 1 aromatic carbocycles. The number of carbonyl (C=O) groups excluding carboxylic acids is 2. The maximum atomic E-state index is 13.1. The molecule has 1 aromatic rings. The average molecular weight is 401 g/mol. The molecule has 0 saturated carbocycles. The van der Waals surface area contributed by atoms with Crippen LogP contribution in [0.1, 0.15) is 18.4 Å². The molecule has 0 aliphatic carbocycles. The van der Waals surface area contributed by atoms with Gasteiger partial charge in [-0.05, 0) is 24.8 Å². The molecule has 0 radical (unpaired) electrons. The number of benzene rings is 1. The van der Waals surface area contributed by atoms with Crippen molar-refractivity contribution >= 4 is 11.9 Å². The van der Waals surface area contributed by atoms with Crippen LogP contribution >= 0.6 is 0 Å². The molecule has 1 N–H and O–H groups in total. The normalized spacial score (nSPS) is 25.2. The molecule has 7 nitrogen and oxygen atoms in total. The minimum atomic E-state index is -0.359. The van der Waals surface area contributed by atoms with Gasteiger partial charge < -0.3 is 19.9 Å². The van der Waals surface area contributed by atoms with Crippen LogP contribution in [-0.2, 0) is 16.0 Å². The second-order valence-electron chi connectivity index (χ2n) is 8.42. The van der Waals surface area contributed by atoms with Crippen molar-refractivity contribution in [1.82, 2.24) is 20.0 Å². The van der Waals surface area contributed by atoms with Crippen molar-refractivity contribution in [2.75, 3.05) is 65.6 Å². The van der Waals surface area contributed by atoms with Crippen molar-refractivity contribution < 1.29 is 14.3 Å². The first kappa shape index (κ1) is 20.2. The van der Waals surface area contributed by atoms with Gasteiger partial charge in [0.1, 0.15) is 0 Å². The van der Waals surface area contributed by atoms with Gasteiger partial charge in [-0.1, -0.05) is 30.3 Å². The molecular formula is C22H32N4O3. The summed E-state index contributed by atoms with van der Waals surface area (Å²) in [6.45, 7) is 7.81. The number of rotatable bonds is 6. The van der Waals surface area contributed by atoms with Crippen LogP contribution < -0.4 is 5.32 Å². The summed E-state index contributed by atoms with van der Waals surface area (Å²) in [5.74, 6) is 0.241. The lowest BCUT2D eigenvalue weighted by molar-refractivity contribution is -0.135. The monoisotopic (exact) mass is 400 g/mol. The fraction of sp³-hybridized carbons (Fsp3) is 0.636. The molecule has 1 spiro atoms. The number of hydrogen-bond acceptors (Lipinski definition) is 4. The first-order chi connectivity index (χ1) is 14.2. The Bertz CT molecular complexity index is 707. The summed E-state index contributed by atoms with van der Waals surface area (Å²) < 4.78 is 5.39. The number of morpholine rings is 1. The summed E-state index contributed by atoms with van der Waals surface area (Å²) in [6, 6.07) is 10.1. The Morgan fingerprint density at radius 1 is 1.03 bits per heavy atom. The number of likely N-dealkylation sites (tertiary alicyclic amines) is 2. The van der Waals surface area contributed by atoms with Crippen molar-refractivity contribution in [2.24, 2.45) is 5.41 Å². The molecule has 1 unspecified atom stereocenters. The van der Waals surface area contributed by atoms with Crippen LogP contribution in [0.4, 0.5) is 4.79 Å². The predicted molar refractivity (Wildman–Crippen MR) is 111 cm³/mol. The highest BCUT2D eigenvalue weighted by Crippen LogP contribution is 2.40. The molecule has 3 saturated heterocycles. The topological polar surface area (TPSA) is 65.1 Å². The Labute approximate surface area is 173 Å². The first-order valence-corrected chi connectivity index (χ1v) is 10.8. The number of amides is 3. The van der Waals surface area contributed by atoms with E-state index in [0.717, 1.165) is 65.2 Å². The Hall–Kier alpha value is -2.12. The molecular weight excluding hydrogens is 368 g/mol. The van der Waals surface area contributed by atoms with E-state index in [1.54, 1.807) is 0 Å². The Morgan fingerprint density at radius 2 is 1.79 bits per heavy atom. The van der Waals surface area contributed by atoms with E-state index in [2.05, 4.69) is 22.3 Å². The minimum absolute atomic E-state index is 0.0441. The summed E-state index contributed by atoms with van der Waals surface area (Å²) in [5, 5.41) is 3.02. The van der Waals surface area contributed by atoms with Gasteiger partial charge in [-0.2, -0.15) is 0 Å². The predicted octanol–water partition coefficient (Wildman–Crippen LogP) is 1.20. The standard InChI is InChI=1S/C22H32N4O3/c27-20-22(7-10-25(20)13-12-24-14-16-29-17-15-24)8-11-26(18-22)21(28)23-9-6-19-4-2-1-3-5-19/h1-5H,6-18H2,(H,23,28). The van der Waals surface area contributed by atoms with E-state index in [-0.39, 0.29) is 17.4 Å². The molecule has 3 heterocycles. The number of carbonyl (C=O) groups is 2. The highest BCUT2D eigenvalue weighted by Gasteiger charge is 2.51. The van der Waals surface area contributed by atoms with E-state index in [4.69, 9.17) is 4.74 Å². The highest BCUT2D eigenvalue weighted by atomic mass is 16.5. The number of hydrogen-bond donors (Lipinski definition) is 1. The van der Waals surface area contributed by atoms with E-state index in [1.165, 1.54) is 5.56 Å². The van der Waals surface area contributed by atoms with Crippen molar-refractivity contribution in [2.45, 2.75) is 19.3 Å². The third kappa shape index (κ3) is 4.73. The molecule has 1 atom stereocenters. The lowest BCUT2D eigenvalue weighted by atomic mass is 9.85. The fourth-order valence-corrected chi connectivity index (χ4v) is 4.69. The summed E-state index contributed by atoms with van der Waals surface area (Å²) >= 11 is 0. The third-order valence-corrected chi connectivity index (χ3v) is 6.56. The molecule has 4 rings (SSSR count). The molecule has 7 heteroatoms. The largest absolute Gasteiger partial charge is 0.379 e. The number of ether oxygens (including phenoxy) is 1. The first-order valence-electron chi connectivity index (χ1n) is 10.8. The summed E-state index contributed by atoms with van der Waals surface area (Å²) in [7, 11) is 0. The van der Waals surface area contributed by atoms with Crippen LogP contribution in [0.5, 0.6) is 0 Å². The number of nitrogens with zero attached hydrogens (tertiary/aromatic N) is 3. The second-order valence-corrected chi connectivity index (χ2v) is 8.42. The Balaban J connectivity index is 1.22. The molecule has 29 heavy (non-hydrogen) atoms. The van der Waals surface area contributed by atoms with Gasteiger partial charge >= 0.3 is 6.03 Å². The zero-order valence-corrected chi connectivity index (χ0v) is 17.1. The number of urea groups is 1. The molecule has 3 aliphatic heterocycles. The van der Waals surface area contributed by atoms with Crippen LogP contribution in [0.15, 0.2) is 30.3 Å². The van der Waals surface area contributed by atoms with Gasteiger partial charge in [-0.3, -0.25) is 9.69 Å². The van der Waals surface area contributed by atoms with E-state index in [9.17, 15) is 9.59 Å². The van der Waals surface area contributed by atoms with Gasteiger partial charge in [0.15, 0.2) is 0 Å². The Kier molecular flexibility index (Phi) is 6.35. The smallest absolute Gasteiger partial charge is 0.317 e. The SMILES string of the molecule is O=C(NCCc1ccccc1)N1CCC2(CCN(CCN3CCOCC3)C2=O)C1. The van der Waals surface area contributed by atoms with Crippen LogP contribution in [-0.4, -0.2) is 92.2 Å². The molecule has 158 valence electrons. The fourth-order valence-electron chi connectivity index (χ4n) is 4.69. The maximum Gasteiger partial charge on any atom is 0.317 e. The van der Waals surface area contributed by atoms with Gasteiger partial charge in [0.25, 0.3) is 0 Å². The summed E-state index contributed by atoms with van der Waals surface area (Å²) in [4.78, 5) is 31.9.